The third-order valence-corrected chi connectivity index (χ3v) is 3.68. The smallest absolute Gasteiger partial charge is 0.297 e. The first-order valence-electron chi connectivity index (χ1n) is 7.40. The summed E-state index contributed by atoms with van der Waals surface area (Å²) in [5.41, 5.74) is 1.88. The lowest BCUT2D eigenvalue weighted by Gasteiger charge is -2.17. The fraction of sp³-hybridized carbons (Fsp3) is 0.167. The summed E-state index contributed by atoms with van der Waals surface area (Å²) in [5, 5.41) is 12.8. The van der Waals surface area contributed by atoms with Gasteiger partial charge in [-0.25, -0.2) is 18.7 Å². The Bertz CT molecular complexity index is 918. The zero-order chi connectivity index (χ0) is 17.1. The molecule has 0 amide bonds. The second-order valence-electron chi connectivity index (χ2n) is 5.35. The van der Waals surface area contributed by atoms with Gasteiger partial charge in [-0.2, -0.15) is 5.26 Å². The Balaban J connectivity index is 2.00. The van der Waals surface area contributed by atoms with Crippen molar-refractivity contribution in [1.29, 1.82) is 5.26 Å². The van der Waals surface area contributed by atoms with E-state index in [-0.39, 0.29) is 6.04 Å². The summed E-state index contributed by atoms with van der Waals surface area (Å²) < 4.78 is 26.1. The van der Waals surface area contributed by atoms with Crippen LogP contribution in [0.4, 0.5) is 14.6 Å². The van der Waals surface area contributed by atoms with Gasteiger partial charge in [-0.3, -0.25) is 0 Å². The van der Waals surface area contributed by atoms with E-state index in [2.05, 4.69) is 21.4 Å². The Labute approximate surface area is 137 Å². The molecule has 4 nitrogen and oxygen atoms in total. The van der Waals surface area contributed by atoms with Gasteiger partial charge in [0.1, 0.15) is 5.82 Å². The van der Waals surface area contributed by atoms with E-state index in [0.29, 0.717) is 22.3 Å². The van der Waals surface area contributed by atoms with Crippen LogP contribution in [0.5, 0.6) is 0 Å². The number of fused-ring (bicyclic) bond motifs is 1. The predicted octanol–water partition coefficient (Wildman–Crippen LogP) is 4.61. The molecule has 0 aliphatic heterocycles. The summed E-state index contributed by atoms with van der Waals surface area (Å²) in [6.07, 6.45) is -2.74. The Morgan fingerprint density at radius 1 is 1.08 bits per heavy atom. The number of aromatic nitrogens is 2. The summed E-state index contributed by atoms with van der Waals surface area (Å²) in [7, 11) is 0. The van der Waals surface area contributed by atoms with Crippen molar-refractivity contribution in [3.05, 3.63) is 65.5 Å². The first-order valence-corrected chi connectivity index (χ1v) is 7.40. The van der Waals surface area contributed by atoms with Gasteiger partial charge < -0.3 is 5.32 Å². The average Bonchev–Trinajstić information content (AvgIpc) is 2.61. The van der Waals surface area contributed by atoms with Crippen LogP contribution in [0.15, 0.2) is 48.5 Å². The standard InChI is InChI=1S/C18H14F2N4/c1-11(13-6-4-5-12(9-13)10-21)22-17-14-7-2-3-8-15(14)23-18(24-17)16(19)20/h2-9,11,16H,1H3,(H,22,23,24). The monoisotopic (exact) mass is 324 g/mol. The number of halogens is 2. The highest BCUT2D eigenvalue weighted by Crippen LogP contribution is 2.27. The highest BCUT2D eigenvalue weighted by atomic mass is 19.3. The Morgan fingerprint density at radius 2 is 1.88 bits per heavy atom. The minimum Gasteiger partial charge on any atom is -0.363 e. The van der Waals surface area contributed by atoms with Crippen molar-refractivity contribution in [2.45, 2.75) is 19.4 Å². The van der Waals surface area contributed by atoms with Gasteiger partial charge in [0, 0.05) is 5.39 Å². The lowest BCUT2D eigenvalue weighted by Crippen LogP contribution is -2.10. The lowest BCUT2D eigenvalue weighted by atomic mass is 10.1. The molecule has 0 bridgehead atoms. The Hall–Kier alpha value is -3.07. The molecule has 0 spiro atoms. The second-order valence-corrected chi connectivity index (χ2v) is 5.35. The van der Waals surface area contributed by atoms with E-state index in [0.717, 1.165) is 5.56 Å². The molecule has 0 saturated carbocycles. The van der Waals surface area contributed by atoms with Gasteiger partial charge in [0.15, 0.2) is 5.82 Å². The molecule has 1 atom stereocenters. The number of hydrogen-bond donors (Lipinski definition) is 1. The summed E-state index contributed by atoms with van der Waals surface area (Å²) in [6, 6.07) is 16.0. The average molecular weight is 324 g/mol. The van der Waals surface area contributed by atoms with Crippen molar-refractivity contribution < 1.29 is 8.78 Å². The SMILES string of the molecule is CC(Nc1nc(C(F)F)nc2ccccc12)c1cccc(C#N)c1. The van der Waals surface area contributed by atoms with Crippen LogP contribution in [0.3, 0.4) is 0 Å². The molecule has 24 heavy (non-hydrogen) atoms. The van der Waals surface area contributed by atoms with Crippen LogP contribution < -0.4 is 5.32 Å². The molecule has 1 heterocycles. The summed E-state index contributed by atoms with van der Waals surface area (Å²) in [5.74, 6) is -0.153. The number of para-hydroxylation sites is 1. The number of nitrogens with one attached hydrogen (secondary N) is 1. The molecule has 0 saturated heterocycles. The molecule has 1 N–H and O–H groups in total. The zero-order valence-corrected chi connectivity index (χ0v) is 12.9. The van der Waals surface area contributed by atoms with Gasteiger partial charge in [0.05, 0.1) is 23.2 Å². The van der Waals surface area contributed by atoms with E-state index >= 15 is 0 Å². The Kier molecular flexibility index (Phi) is 4.34. The number of hydrogen-bond acceptors (Lipinski definition) is 4. The molecule has 0 aliphatic carbocycles. The van der Waals surface area contributed by atoms with Gasteiger partial charge in [-0.05, 0) is 36.8 Å². The van der Waals surface area contributed by atoms with Gasteiger partial charge in [0.2, 0.25) is 0 Å². The fourth-order valence-electron chi connectivity index (χ4n) is 2.47. The molecule has 0 fully saturated rings. The molecule has 1 unspecified atom stereocenters. The minimum atomic E-state index is -2.74. The van der Waals surface area contributed by atoms with Crippen LogP contribution in [0.1, 0.15) is 36.3 Å². The first-order chi connectivity index (χ1) is 11.6. The quantitative estimate of drug-likeness (QED) is 0.761. The summed E-state index contributed by atoms with van der Waals surface area (Å²) in [4.78, 5) is 7.87. The van der Waals surface area contributed by atoms with Crippen molar-refractivity contribution in [3.63, 3.8) is 0 Å². The normalized spacial score (nSPS) is 12.1. The van der Waals surface area contributed by atoms with Crippen molar-refractivity contribution in [2.75, 3.05) is 5.32 Å². The van der Waals surface area contributed by atoms with Crippen molar-refractivity contribution in [1.82, 2.24) is 9.97 Å². The van der Waals surface area contributed by atoms with Gasteiger partial charge in [0.25, 0.3) is 6.43 Å². The van der Waals surface area contributed by atoms with Crippen LogP contribution >= 0.6 is 0 Å². The second kappa shape index (κ2) is 6.59. The summed E-state index contributed by atoms with van der Waals surface area (Å²) >= 11 is 0. The third-order valence-electron chi connectivity index (χ3n) is 3.68. The number of benzene rings is 2. The van der Waals surface area contributed by atoms with E-state index in [9.17, 15) is 8.78 Å². The Morgan fingerprint density at radius 3 is 2.62 bits per heavy atom. The molecule has 0 aliphatic rings. The van der Waals surface area contributed by atoms with Gasteiger partial charge in [-0.15, -0.1) is 0 Å². The third kappa shape index (κ3) is 3.15. The maximum absolute atomic E-state index is 13.0. The maximum atomic E-state index is 13.0. The van der Waals surface area contributed by atoms with E-state index in [4.69, 9.17) is 5.26 Å². The number of alkyl halides is 2. The predicted molar refractivity (Wildman–Crippen MR) is 87.7 cm³/mol. The van der Waals surface area contributed by atoms with Gasteiger partial charge in [-0.1, -0.05) is 24.3 Å². The number of rotatable bonds is 4. The molecular formula is C18H14F2N4. The number of nitrogens with zero attached hydrogens (tertiary/aromatic N) is 3. The van der Waals surface area contributed by atoms with Crippen LogP contribution in [-0.4, -0.2) is 9.97 Å². The highest BCUT2D eigenvalue weighted by Gasteiger charge is 2.16. The van der Waals surface area contributed by atoms with Crippen LogP contribution in [0.2, 0.25) is 0 Å². The molecule has 1 aromatic heterocycles. The first kappa shape index (κ1) is 15.8. The highest BCUT2D eigenvalue weighted by molar-refractivity contribution is 5.89. The molecule has 0 radical (unpaired) electrons. The number of nitriles is 1. The maximum Gasteiger partial charge on any atom is 0.297 e. The van der Waals surface area contributed by atoms with E-state index in [1.165, 1.54) is 0 Å². The molecule has 3 rings (SSSR count). The topological polar surface area (TPSA) is 61.6 Å². The van der Waals surface area contributed by atoms with E-state index in [1.807, 2.05) is 13.0 Å². The molecule has 120 valence electrons. The molecule has 3 aromatic rings. The van der Waals surface area contributed by atoms with Crippen LogP contribution in [-0.2, 0) is 0 Å². The van der Waals surface area contributed by atoms with Crippen molar-refractivity contribution in [2.24, 2.45) is 0 Å². The molecule has 2 aromatic carbocycles. The summed E-state index contributed by atoms with van der Waals surface area (Å²) in [6.45, 7) is 1.88. The molecular weight excluding hydrogens is 310 g/mol. The largest absolute Gasteiger partial charge is 0.363 e. The fourth-order valence-corrected chi connectivity index (χ4v) is 2.47. The number of anilines is 1. The van der Waals surface area contributed by atoms with E-state index < -0.39 is 12.2 Å². The molecule has 6 heteroatoms. The zero-order valence-electron chi connectivity index (χ0n) is 12.9. The van der Waals surface area contributed by atoms with Crippen LogP contribution in [0, 0.1) is 11.3 Å². The van der Waals surface area contributed by atoms with Crippen LogP contribution in [0.25, 0.3) is 10.9 Å². The van der Waals surface area contributed by atoms with Crippen molar-refractivity contribution >= 4 is 16.7 Å². The minimum absolute atomic E-state index is 0.206. The van der Waals surface area contributed by atoms with E-state index in [1.54, 1.807) is 42.5 Å². The lowest BCUT2D eigenvalue weighted by molar-refractivity contribution is 0.141. The van der Waals surface area contributed by atoms with Crippen molar-refractivity contribution in [3.8, 4) is 6.07 Å². The van der Waals surface area contributed by atoms with Gasteiger partial charge >= 0.3 is 0 Å².